The summed E-state index contributed by atoms with van der Waals surface area (Å²) in [5, 5.41) is 0.923. The van der Waals surface area contributed by atoms with Crippen molar-refractivity contribution < 1.29 is 0 Å². The maximum Gasteiger partial charge on any atom is 0.0955 e. The summed E-state index contributed by atoms with van der Waals surface area (Å²) in [6, 6.07) is 0. The highest BCUT2D eigenvalue weighted by Crippen LogP contribution is 2.03. The number of thiol groups is 1. The summed E-state index contributed by atoms with van der Waals surface area (Å²) >= 11 is 4.23. The van der Waals surface area contributed by atoms with Gasteiger partial charge in [0.15, 0.2) is 0 Å². The molecule has 0 bridgehead atoms. The largest absolute Gasteiger partial charge is 0.325 e. The van der Waals surface area contributed by atoms with Gasteiger partial charge in [0.1, 0.15) is 0 Å². The highest BCUT2D eigenvalue weighted by Gasteiger charge is 1.96. The Kier molecular flexibility index (Phi) is 2.96. The Hall–Kier alpha value is -0.480. The number of hydrogen-bond acceptors (Lipinski definition) is 3. The van der Waals surface area contributed by atoms with Crippen LogP contribution >= 0.6 is 12.6 Å². The van der Waals surface area contributed by atoms with E-state index in [0.29, 0.717) is 0 Å². The first-order valence-corrected chi connectivity index (χ1v) is 3.98. The lowest BCUT2D eigenvalue weighted by molar-refractivity contribution is 0.378. The SMILES string of the molecule is CN(C)CCn1cncc1S. The fourth-order valence-corrected chi connectivity index (χ4v) is 1.01. The van der Waals surface area contributed by atoms with Gasteiger partial charge in [-0.15, -0.1) is 12.6 Å². The van der Waals surface area contributed by atoms with E-state index in [1.54, 1.807) is 12.5 Å². The first kappa shape index (κ1) is 8.62. The first-order valence-electron chi connectivity index (χ1n) is 3.54. The maximum atomic E-state index is 4.23. The third-order valence-corrected chi connectivity index (χ3v) is 1.85. The molecule has 0 saturated carbocycles. The fraction of sp³-hybridized carbons (Fsp3) is 0.571. The van der Waals surface area contributed by atoms with Gasteiger partial charge < -0.3 is 9.47 Å². The van der Waals surface area contributed by atoms with Crippen molar-refractivity contribution in [3.05, 3.63) is 12.5 Å². The molecule has 4 heteroatoms. The molecule has 62 valence electrons. The van der Waals surface area contributed by atoms with Gasteiger partial charge in [0.25, 0.3) is 0 Å². The van der Waals surface area contributed by atoms with Crippen molar-refractivity contribution in [1.29, 1.82) is 0 Å². The quantitative estimate of drug-likeness (QED) is 0.677. The van der Waals surface area contributed by atoms with Gasteiger partial charge in [-0.1, -0.05) is 0 Å². The van der Waals surface area contributed by atoms with E-state index in [4.69, 9.17) is 0 Å². The van der Waals surface area contributed by atoms with Crippen molar-refractivity contribution in [1.82, 2.24) is 14.5 Å². The number of rotatable bonds is 3. The molecule has 0 radical (unpaired) electrons. The van der Waals surface area contributed by atoms with Crippen LogP contribution in [0.25, 0.3) is 0 Å². The minimum absolute atomic E-state index is 0.923. The molecular formula is C7H13N3S. The van der Waals surface area contributed by atoms with Gasteiger partial charge in [-0.05, 0) is 14.1 Å². The normalized spacial score (nSPS) is 10.9. The minimum Gasteiger partial charge on any atom is -0.325 e. The Labute approximate surface area is 72.4 Å². The predicted molar refractivity (Wildman–Crippen MR) is 48.0 cm³/mol. The van der Waals surface area contributed by atoms with Crippen LogP contribution in [0, 0.1) is 0 Å². The van der Waals surface area contributed by atoms with Crippen LogP contribution in [0.15, 0.2) is 17.6 Å². The Morgan fingerprint density at radius 1 is 1.64 bits per heavy atom. The van der Waals surface area contributed by atoms with Gasteiger partial charge in [-0.3, -0.25) is 0 Å². The standard InChI is InChI=1S/C7H13N3S/c1-9(2)3-4-10-6-8-5-7(10)11/h5-6,11H,3-4H2,1-2H3. The smallest absolute Gasteiger partial charge is 0.0955 e. The van der Waals surface area contributed by atoms with Crippen molar-refractivity contribution in [3.8, 4) is 0 Å². The third kappa shape index (κ3) is 2.55. The highest BCUT2D eigenvalue weighted by molar-refractivity contribution is 7.80. The molecular weight excluding hydrogens is 158 g/mol. The van der Waals surface area contributed by atoms with Gasteiger partial charge in [0.05, 0.1) is 17.6 Å². The molecule has 1 aromatic rings. The molecule has 1 aromatic heterocycles. The predicted octanol–water partition coefficient (Wildman–Crippen LogP) is 0.733. The van der Waals surface area contributed by atoms with E-state index in [1.807, 2.05) is 4.57 Å². The molecule has 0 N–H and O–H groups in total. The van der Waals surface area contributed by atoms with E-state index in [-0.39, 0.29) is 0 Å². The van der Waals surface area contributed by atoms with Crippen LogP contribution in [0.5, 0.6) is 0 Å². The van der Waals surface area contributed by atoms with E-state index >= 15 is 0 Å². The van der Waals surface area contributed by atoms with Crippen molar-refractivity contribution in [2.45, 2.75) is 11.6 Å². The lowest BCUT2D eigenvalue weighted by atomic mass is 10.6. The lowest BCUT2D eigenvalue weighted by Gasteiger charge is -2.10. The van der Waals surface area contributed by atoms with E-state index in [2.05, 4.69) is 36.6 Å². The number of likely N-dealkylation sites (N-methyl/N-ethyl adjacent to an activating group) is 1. The van der Waals surface area contributed by atoms with Crippen molar-refractivity contribution in [2.24, 2.45) is 0 Å². The minimum atomic E-state index is 0.923. The Morgan fingerprint density at radius 3 is 2.82 bits per heavy atom. The van der Waals surface area contributed by atoms with Gasteiger partial charge in [-0.2, -0.15) is 0 Å². The second-order valence-electron chi connectivity index (χ2n) is 2.75. The molecule has 0 aliphatic heterocycles. The number of nitrogens with zero attached hydrogens (tertiary/aromatic N) is 3. The van der Waals surface area contributed by atoms with Crippen molar-refractivity contribution in [2.75, 3.05) is 20.6 Å². The Morgan fingerprint density at radius 2 is 2.36 bits per heavy atom. The molecule has 0 saturated heterocycles. The first-order chi connectivity index (χ1) is 5.20. The molecule has 0 unspecified atom stereocenters. The van der Waals surface area contributed by atoms with E-state index in [1.165, 1.54) is 0 Å². The van der Waals surface area contributed by atoms with Crippen molar-refractivity contribution >= 4 is 12.6 Å². The average molecular weight is 171 g/mol. The van der Waals surface area contributed by atoms with Gasteiger partial charge in [0.2, 0.25) is 0 Å². The number of hydrogen-bond donors (Lipinski definition) is 1. The van der Waals surface area contributed by atoms with Gasteiger partial charge in [0, 0.05) is 13.1 Å². The monoisotopic (exact) mass is 171 g/mol. The Bertz CT molecular complexity index is 219. The summed E-state index contributed by atoms with van der Waals surface area (Å²) in [6.45, 7) is 1.97. The van der Waals surface area contributed by atoms with E-state index in [0.717, 1.165) is 18.1 Å². The number of aromatic nitrogens is 2. The molecule has 0 atom stereocenters. The fourth-order valence-electron chi connectivity index (χ4n) is 0.794. The summed E-state index contributed by atoms with van der Waals surface area (Å²) in [5.74, 6) is 0. The summed E-state index contributed by atoms with van der Waals surface area (Å²) in [6.07, 6.45) is 3.55. The zero-order valence-electron chi connectivity index (χ0n) is 6.86. The zero-order chi connectivity index (χ0) is 8.27. The van der Waals surface area contributed by atoms with Crippen LogP contribution in [-0.2, 0) is 6.54 Å². The zero-order valence-corrected chi connectivity index (χ0v) is 7.75. The van der Waals surface area contributed by atoms with E-state index < -0.39 is 0 Å². The van der Waals surface area contributed by atoms with Crippen LogP contribution in [0.2, 0.25) is 0 Å². The maximum absolute atomic E-state index is 4.23. The topological polar surface area (TPSA) is 21.1 Å². The summed E-state index contributed by atoms with van der Waals surface area (Å²) < 4.78 is 2.02. The second kappa shape index (κ2) is 3.78. The van der Waals surface area contributed by atoms with Gasteiger partial charge in [-0.25, -0.2) is 4.98 Å². The summed E-state index contributed by atoms with van der Waals surface area (Å²) in [4.78, 5) is 6.10. The molecule has 1 rings (SSSR count). The second-order valence-corrected chi connectivity index (χ2v) is 3.21. The molecule has 0 spiro atoms. The van der Waals surface area contributed by atoms with Crippen LogP contribution < -0.4 is 0 Å². The highest BCUT2D eigenvalue weighted by atomic mass is 32.1. The van der Waals surface area contributed by atoms with Crippen LogP contribution in [0.1, 0.15) is 0 Å². The molecule has 0 aromatic carbocycles. The molecule has 0 fully saturated rings. The third-order valence-electron chi connectivity index (χ3n) is 1.48. The molecule has 0 aliphatic carbocycles. The lowest BCUT2D eigenvalue weighted by Crippen LogP contribution is -2.18. The molecule has 1 heterocycles. The molecule has 0 aliphatic rings. The van der Waals surface area contributed by atoms with Crippen LogP contribution in [0.4, 0.5) is 0 Å². The molecule has 0 amide bonds. The Balaban J connectivity index is 2.44. The molecule has 3 nitrogen and oxygen atoms in total. The van der Waals surface area contributed by atoms with Crippen LogP contribution in [0.3, 0.4) is 0 Å². The molecule has 11 heavy (non-hydrogen) atoms. The average Bonchev–Trinajstić information content (AvgIpc) is 2.31. The summed E-state index contributed by atoms with van der Waals surface area (Å²) in [7, 11) is 4.10. The summed E-state index contributed by atoms with van der Waals surface area (Å²) in [5.41, 5.74) is 0. The van der Waals surface area contributed by atoms with Gasteiger partial charge >= 0.3 is 0 Å². The number of imidazole rings is 1. The van der Waals surface area contributed by atoms with Crippen molar-refractivity contribution in [3.63, 3.8) is 0 Å². The van der Waals surface area contributed by atoms with Crippen LogP contribution in [-0.4, -0.2) is 35.1 Å². The van der Waals surface area contributed by atoms with E-state index in [9.17, 15) is 0 Å².